The van der Waals surface area contributed by atoms with Crippen LogP contribution in [0.5, 0.6) is 0 Å². The van der Waals surface area contributed by atoms with Crippen molar-refractivity contribution in [1.29, 1.82) is 0 Å². The fourth-order valence-corrected chi connectivity index (χ4v) is 2.53. The summed E-state index contributed by atoms with van der Waals surface area (Å²) in [4.78, 5) is 2.32. The van der Waals surface area contributed by atoms with E-state index in [-0.39, 0.29) is 0 Å². The van der Waals surface area contributed by atoms with Crippen molar-refractivity contribution in [3.8, 4) is 0 Å². The second-order valence-corrected chi connectivity index (χ2v) is 5.98. The minimum absolute atomic E-state index is 0.534. The van der Waals surface area contributed by atoms with E-state index >= 15 is 0 Å². The van der Waals surface area contributed by atoms with Crippen molar-refractivity contribution in [2.45, 2.75) is 25.8 Å². The third-order valence-electron chi connectivity index (χ3n) is 4.06. The molecule has 112 valence electrons. The minimum Gasteiger partial charge on any atom is -0.383 e. The predicted molar refractivity (Wildman–Crippen MR) is 84.0 cm³/mol. The van der Waals surface area contributed by atoms with Gasteiger partial charge in [-0.1, -0.05) is 29.8 Å². The first kappa shape index (κ1) is 15.5. The smallest absolute Gasteiger partial charge is 0.0589 e. The van der Waals surface area contributed by atoms with Gasteiger partial charge < -0.3 is 15.0 Å². The lowest BCUT2D eigenvalue weighted by Crippen LogP contribution is -2.34. The number of methoxy groups -OCH3 is 1. The van der Waals surface area contributed by atoms with Gasteiger partial charge in [0.25, 0.3) is 0 Å². The minimum atomic E-state index is 0.534. The topological polar surface area (TPSA) is 24.5 Å². The lowest BCUT2D eigenvalue weighted by atomic mass is 10.0. The highest BCUT2D eigenvalue weighted by Gasteiger charge is 2.31. The maximum atomic E-state index is 5.11. The summed E-state index contributed by atoms with van der Waals surface area (Å²) in [5.74, 6) is 0.835. The molecule has 1 aliphatic rings. The van der Waals surface area contributed by atoms with Gasteiger partial charge in [0.1, 0.15) is 0 Å². The van der Waals surface area contributed by atoms with Crippen LogP contribution in [-0.4, -0.2) is 45.3 Å². The van der Waals surface area contributed by atoms with Crippen LogP contribution >= 0.6 is 0 Å². The Hall–Kier alpha value is -0.900. The standard InChI is InChI=1S/C17H28N2O/c1-14-4-6-15(7-5-14)17(16-8-9-16)18-10-11-19(2)12-13-20-3/h4-7,16-18H,8-13H2,1-3H3. The van der Waals surface area contributed by atoms with Gasteiger partial charge in [0.2, 0.25) is 0 Å². The molecule has 1 N–H and O–H groups in total. The highest BCUT2D eigenvalue weighted by Crippen LogP contribution is 2.40. The largest absolute Gasteiger partial charge is 0.383 e. The average Bonchev–Trinajstić information content (AvgIpc) is 3.27. The zero-order chi connectivity index (χ0) is 14.4. The lowest BCUT2D eigenvalue weighted by Gasteiger charge is -2.22. The van der Waals surface area contributed by atoms with Gasteiger partial charge in [-0.25, -0.2) is 0 Å². The number of ether oxygens (including phenoxy) is 1. The fourth-order valence-electron chi connectivity index (χ4n) is 2.53. The van der Waals surface area contributed by atoms with Crippen molar-refractivity contribution in [3.63, 3.8) is 0 Å². The van der Waals surface area contributed by atoms with Crippen molar-refractivity contribution in [3.05, 3.63) is 35.4 Å². The normalized spacial score (nSPS) is 16.6. The number of likely N-dealkylation sites (N-methyl/N-ethyl adjacent to an activating group) is 1. The van der Waals surface area contributed by atoms with Gasteiger partial charge in [-0.2, -0.15) is 0 Å². The summed E-state index contributed by atoms with van der Waals surface area (Å²) in [7, 11) is 3.91. The third-order valence-corrected chi connectivity index (χ3v) is 4.06. The molecular weight excluding hydrogens is 248 g/mol. The van der Waals surface area contributed by atoms with E-state index in [2.05, 4.69) is 48.5 Å². The van der Waals surface area contributed by atoms with Crippen LogP contribution in [0.2, 0.25) is 0 Å². The first-order valence-corrected chi connectivity index (χ1v) is 7.68. The molecule has 3 heteroatoms. The molecule has 0 radical (unpaired) electrons. The van der Waals surface area contributed by atoms with Crippen LogP contribution in [-0.2, 0) is 4.74 Å². The van der Waals surface area contributed by atoms with Crippen LogP contribution in [0, 0.1) is 12.8 Å². The molecule has 1 atom stereocenters. The summed E-state index contributed by atoms with van der Waals surface area (Å²) >= 11 is 0. The first-order chi connectivity index (χ1) is 9.70. The van der Waals surface area contributed by atoms with Gasteiger partial charge in [0.15, 0.2) is 0 Å². The second kappa shape index (κ2) is 7.77. The molecule has 0 amide bonds. The molecule has 1 aromatic carbocycles. The molecule has 1 saturated carbocycles. The van der Waals surface area contributed by atoms with E-state index in [0.29, 0.717) is 6.04 Å². The van der Waals surface area contributed by atoms with Crippen LogP contribution in [0.4, 0.5) is 0 Å². The molecule has 2 rings (SSSR count). The Balaban J connectivity index is 1.80. The molecule has 0 spiro atoms. The van der Waals surface area contributed by atoms with Gasteiger partial charge in [-0.05, 0) is 38.3 Å². The number of rotatable bonds is 9. The summed E-state index contributed by atoms with van der Waals surface area (Å²) in [6.07, 6.45) is 2.73. The molecule has 3 nitrogen and oxygen atoms in total. The van der Waals surface area contributed by atoms with Crippen LogP contribution in [0.15, 0.2) is 24.3 Å². The zero-order valence-corrected chi connectivity index (χ0v) is 13.1. The highest BCUT2D eigenvalue weighted by atomic mass is 16.5. The maximum absolute atomic E-state index is 5.11. The Morgan fingerprint density at radius 1 is 1.25 bits per heavy atom. The number of hydrogen-bond donors (Lipinski definition) is 1. The van der Waals surface area contributed by atoms with E-state index < -0.39 is 0 Å². The van der Waals surface area contributed by atoms with E-state index in [0.717, 1.165) is 32.2 Å². The van der Waals surface area contributed by atoms with Crippen molar-refractivity contribution in [2.24, 2.45) is 5.92 Å². The number of aryl methyl sites for hydroxylation is 1. The van der Waals surface area contributed by atoms with Gasteiger partial charge in [-0.3, -0.25) is 0 Å². The van der Waals surface area contributed by atoms with Crippen molar-refractivity contribution in [1.82, 2.24) is 10.2 Å². The Labute approximate surface area is 123 Å². The predicted octanol–water partition coefficient (Wildman–Crippen LogP) is 2.61. The second-order valence-electron chi connectivity index (χ2n) is 5.98. The Kier molecular flexibility index (Phi) is 6.02. The molecular formula is C17H28N2O. The Bertz CT molecular complexity index is 386. The number of hydrogen-bond acceptors (Lipinski definition) is 3. The van der Waals surface area contributed by atoms with Crippen molar-refractivity contribution < 1.29 is 4.74 Å². The molecule has 0 aromatic heterocycles. The summed E-state index contributed by atoms with van der Waals surface area (Å²) < 4.78 is 5.11. The van der Waals surface area contributed by atoms with E-state index in [9.17, 15) is 0 Å². The first-order valence-electron chi connectivity index (χ1n) is 7.68. The third kappa shape index (κ3) is 4.89. The quantitative estimate of drug-likeness (QED) is 0.750. The maximum Gasteiger partial charge on any atom is 0.0589 e. The Morgan fingerprint density at radius 3 is 2.55 bits per heavy atom. The van der Waals surface area contributed by atoms with Crippen LogP contribution in [0.3, 0.4) is 0 Å². The monoisotopic (exact) mass is 276 g/mol. The zero-order valence-electron chi connectivity index (χ0n) is 13.1. The van der Waals surface area contributed by atoms with E-state index in [1.165, 1.54) is 24.0 Å². The molecule has 1 aliphatic carbocycles. The highest BCUT2D eigenvalue weighted by molar-refractivity contribution is 5.25. The van der Waals surface area contributed by atoms with Crippen LogP contribution in [0.25, 0.3) is 0 Å². The van der Waals surface area contributed by atoms with Crippen molar-refractivity contribution in [2.75, 3.05) is 40.4 Å². The number of nitrogens with zero attached hydrogens (tertiary/aromatic N) is 1. The lowest BCUT2D eigenvalue weighted by molar-refractivity contribution is 0.161. The molecule has 1 fully saturated rings. The molecule has 20 heavy (non-hydrogen) atoms. The van der Waals surface area contributed by atoms with E-state index in [1.54, 1.807) is 7.11 Å². The molecule has 1 unspecified atom stereocenters. The summed E-state index contributed by atoms with van der Waals surface area (Å²) in [5.41, 5.74) is 2.78. The molecule has 0 saturated heterocycles. The number of benzene rings is 1. The average molecular weight is 276 g/mol. The summed E-state index contributed by atoms with van der Waals surface area (Å²) in [6, 6.07) is 9.53. The summed E-state index contributed by atoms with van der Waals surface area (Å²) in [5, 5.41) is 3.74. The summed E-state index contributed by atoms with van der Waals surface area (Å²) in [6.45, 7) is 6.05. The SMILES string of the molecule is COCCN(C)CCNC(c1ccc(C)cc1)C1CC1. The fraction of sp³-hybridized carbons (Fsp3) is 0.647. The van der Waals surface area contributed by atoms with Gasteiger partial charge >= 0.3 is 0 Å². The number of nitrogens with one attached hydrogen (secondary N) is 1. The molecule has 0 heterocycles. The molecule has 0 aliphatic heterocycles. The van der Waals surface area contributed by atoms with Gasteiger partial charge in [0.05, 0.1) is 6.61 Å². The van der Waals surface area contributed by atoms with Crippen molar-refractivity contribution >= 4 is 0 Å². The van der Waals surface area contributed by atoms with Crippen LogP contribution < -0.4 is 5.32 Å². The molecule has 0 bridgehead atoms. The van der Waals surface area contributed by atoms with Gasteiger partial charge in [-0.15, -0.1) is 0 Å². The van der Waals surface area contributed by atoms with E-state index in [1.807, 2.05) is 0 Å². The Morgan fingerprint density at radius 2 is 1.95 bits per heavy atom. The van der Waals surface area contributed by atoms with E-state index in [4.69, 9.17) is 4.74 Å². The van der Waals surface area contributed by atoms with Gasteiger partial charge in [0, 0.05) is 32.8 Å². The van der Waals surface area contributed by atoms with Crippen LogP contribution in [0.1, 0.15) is 30.0 Å². The molecule has 1 aromatic rings.